The molecule has 1 aliphatic rings. The van der Waals surface area contributed by atoms with Gasteiger partial charge in [0, 0.05) is 18.7 Å². The maximum atomic E-state index is 13.6. The fourth-order valence-electron chi connectivity index (χ4n) is 4.43. The molecule has 4 nitrogen and oxygen atoms in total. The first-order valence-corrected chi connectivity index (χ1v) is 13.1. The topological polar surface area (TPSA) is 46.6 Å². The van der Waals surface area contributed by atoms with E-state index in [0.717, 1.165) is 25.3 Å². The van der Waals surface area contributed by atoms with E-state index >= 15 is 0 Å². The van der Waals surface area contributed by atoms with Crippen molar-refractivity contribution in [3.05, 3.63) is 35.1 Å². The van der Waals surface area contributed by atoms with Gasteiger partial charge < -0.3 is 9.64 Å². The molecule has 0 aromatic heterocycles. The van der Waals surface area contributed by atoms with Crippen LogP contribution in [0.5, 0.6) is 0 Å². The second-order valence-electron chi connectivity index (χ2n) is 9.50. The number of ether oxygens (including phenoxy) is 1. The Morgan fingerprint density at radius 2 is 1.43 bits per heavy atom. The molecule has 1 aromatic rings. The van der Waals surface area contributed by atoms with Crippen LogP contribution in [0.25, 0.3) is 0 Å². The molecule has 1 saturated heterocycles. The van der Waals surface area contributed by atoms with Crippen LogP contribution in [0.2, 0.25) is 0 Å². The van der Waals surface area contributed by atoms with Crippen LogP contribution in [0.3, 0.4) is 0 Å². The van der Waals surface area contributed by atoms with Crippen molar-refractivity contribution < 1.29 is 31.9 Å². The molecule has 0 spiro atoms. The van der Waals surface area contributed by atoms with Crippen LogP contribution in [0.4, 0.5) is 17.6 Å². The second-order valence-corrected chi connectivity index (χ2v) is 9.50. The van der Waals surface area contributed by atoms with Crippen molar-refractivity contribution in [3.63, 3.8) is 0 Å². The third-order valence-corrected chi connectivity index (χ3v) is 6.58. The average Bonchev–Trinajstić information content (AvgIpc) is 2.83. The molecule has 1 amide bonds. The normalized spacial score (nSPS) is 14.8. The van der Waals surface area contributed by atoms with E-state index in [0.29, 0.717) is 31.6 Å². The Labute approximate surface area is 206 Å². The molecule has 198 valence electrons. The van der Waals surface area contributed by atoms with E-state index in [1.807, 2.05) is 0 Å². The molecule has 0 unspecified atom stereocenters. The van der Waals surface area contributed by atoms with Crippen molar-refractivity contribution in [3.8, 4) is 0 Å². The van der Waals surface area contributed by atoms with Gasteiger partial charge in [0.15, 0.2) is 0 Å². The third kappa shape index (κ3) is 10.6. The van der Waals surface area contributed by atoms with Gasteiger partial charge in [0.1, 0.15) is 5.82 Å². The van der Waals surface area contributed by atoms with Gasteiger partial charge in [-0.05, 0) is 37.5 Å². The van der Waals surface area contributed by atoms with Crippen LogP contribution in [0.1, 0.15) is 106 Å². The predicted molar refractivity (Wildman–Crippen MR) is 127 cm³/mol. The van der Waals surface area contributed by atoms with E-state index in [1.54, 1.807) is 0 Å². The largest absolute Gasteiger partial charge is 0.465 e. The van der Waals surface area contributed by atoms with E-state index in [9.17, 15) is 27.2 Å². The van der Waals surface area contributed by atoms with Crippen LogP contribution < -0.4 is 0 Å². The minimum atomic E-state index is -4.73. The standard InChI is InChI=1S/C27H39F4NO3/c1-2-3-4-5-6-7-8-9-10-11-12-17-35-26(34)21-13-15-32(16-14-21)25(33)22-18-23(27(29,30)31)20-24(28)19-22/h18-21H,2-17H2,1H3. The summed E-state index contributed by atoms with van der Waals surface area (Å²) < 4.78 is 57.8. The van der Waals surface area contributed by atoms with Crippen molar-refractivity contribution >= 4 is 11.9 Å². The highest BCUT2D eigenvalue weighted by Gasteiger charge is 2.33. The van der Waals surface area contributed by atoms with Crippen LogP contribution in [0, 0.1) is 11.7 Å². The van der Waals surface area contributed by atoms with Crippen molar-refractivity contribution in [2.24, 2.45) is 5.92 Å². The van der Waals surface area contributed by atoms with Gasteiger partial charge in [-0.1, -0.05) is 71.1 Å². The number of esters is 1. The molecule has 2 rings (SSSR count). The Kier molecular flexibility index (Phi) is 12.6. The molecule has 0 saturated carbocycles. The van der Waals surface area contributed by atoms with Gasteiger partial charge in [0.25, 0.3) is 5.91 Å². The molecule has 1 aromatic carbocycles. The van der Waals surface area contributed by atoms with Gasteiger partial charge in [0.05, 0.1) is 18.1 Å². The lowest BCUT2D eigenvalue weighted by Gasteiger charge is -2.31. The second kappa shape index (κ2) is 15.1. The highest BCUT2D eigenvalue weighted by atomic mass is 19.4. The summed E-state index contributed by atoms with van der Waals surface area (Å²) in [6.45, 7) is 3.04. The number of unbranched alkanes of at least 4 members (excludes halogenated alkanes) is 10. The van der Waals surface area contributed by atoms with E-state index in [-0.39, 0.29) is 30.5 Å². The Hall–Kier alpha value is -2.12. The fraction of sp³-hybridized carbons (Fsp3) is 0.704. The quantitative estimate of drug-likeness (QED) is 0.150. The third-order valence-electron chi connectivity index (χ3n) is 6.58. The zero-order chi connectivity index (χ0) is 25.7. The first-order chi connectivity index (χ1) is 16.7. The molecule has 0 bridgehead atoms. The van der Waals surface area contributed by atoms with E-state index < -0.39 is 23.5 Å². The number of carbonyl (C=O) groups is 2. The van der Waals surface area contributed by atoms with Crippen LogP contribution in [0.15, 0.2) is 18.2 Å². The van der Waals surface area contributed by atoms with E-state index in [4.69, 9.17) is 4.74 Å². The zero-order valence-electron chi connectivity index (χ0n) is 20.8. The Morgan fingerprint density at radius 1 is 0.886 bits per heavy atom. The molecule has 8 heteroatoms. The molecule has 1 aliphatic heterocycles. The summed E-state index contributed by atoms with van der Waals surface area (Å²) in [7, 11) is 0. The number of amides is 1. The lowest BCUT2D eigenvalue weighted by Crippen LogP contribution is -2.40. The monoisotopic (exact) mass is 501 g/mol. The molecule has 0 atom stereocenters. The number of halogens is 4. The minimum absolute atomic E-state index is 0.217. The van der Waals surface area contributed by atoms with Gasteiger partial charge in [-0.15, -0.1) is 0 Å². The first-order valence-electron chi connectivity index (χ1n) is 13.1. The van der Waals surface area contributed by atoms with E-state index in [1.165, 1.54) is 56.3 Å². The molecule has 35 heavy (non-hydrogen) atoms. The van der Waals surface area contributed by atoms with Gasteiger partial charge in [-0.2, -0.15) is 13.2 Å². The lowest BCUT2D eigenvalue weighted by atomic mass is 9.96. The molecule has 1 fully saturated rings. The number of nitrogens with zero attached hydrogens (tertiary/aromatic N) is 1. The number of hydrogen-bond donors (Lipinski definition) is 0. The summed E-state index contributed by atoms with van der Waals surface area (Å²) >= 11 is 0. The summed E-state index contributed by atoms with van der Waals surface area (Å²) in [5, 5.41) is 0. The first kappa shape index (κ1) is 29.1. The van der Waals surface area contributed by atoms with Crippen molar-refractivity contribution in [2.45, 2.75) is 96.6 Å². The molecule has 1 heterocycles. The highest BCUT2D eigenvalue weighted by molar-refractivity contribution is 5.94. The summed E-state index contributed by atoms with van der Waals surface area (Å²) in [5.41, 5.74) is -1.53. The minimum Gasteiger partial charge on any atom is -0.465 e. The maximum absolute atomic E-state index is 13.6. The summed E-state index contributed by atoms with van der Waals surface area (Å²) in [4.78, 5) is 26.3. The molecule has 0 aliphatic carbocycles. The Morgan fingerprint density at radius 3 is 1.97 bits per heavy atom. The van der Waals surface area contributed by atoms with Crippen molar-refractivity contribution in [1.29, 1.82) is 0 Å². The number of likely N-dealkylation sites (tertiary alicyclic amines) is 1. The number of carbonyl (C=O) groups excluding carboxylic acids is 2. The van der Waals surface area contributed by atoms with E-state index in [2.05, 4.69) is 6.92 Å². The molecule has 0 radical (unpaired) electrons. The summed E-state index contributed by atoms with van der Waals surface area (Å²) in [6, 6.07) is 1.85. The SMILES string of the molecule is CCCCCCCCCCCCCOC(=O)C1CCN(C(=O)c2cc(F)cc(C(F)(F)F)c2)CC1. The van der Waals surface area contributed by atoms with Crippen molar-refractivity contribution in [2.75, 3.05) is 19.7 Å². The number of alkyl halides is 3. The highest BCUT2D eigenvalue weighted by Crippen LogP contribution is 2.31. The van der Waals surface area contributed by atoms with Crippen LogP contribution >= 0.6 is 0 Å². The maximum Gasteiger partial charge on any atom is 0.416 e. The van der Waals surface area contributed by atoms with Gasteiger partial charge in [0.2, 0.25) is 0 Å². The number of hydrogen-bond acceptors (Lipinski definition) is 3. The summed E-state index contributed by atoms with van der Waals surface area (Å²) in [5.74, 6) is -2.38. The predicted octanol–water partition coefficient (Wildman–Crippen LogP) is 7.55. The smallest absolute Gasteiger partial charge is 0.416 e. The Bertz CT molecular complexity index is 789. The molecule has 0 N–H and O–H groups in total. The summed E-state index contributed by atoms with van der Waals surface area (Å²) in [6.07, 6.45) is 9.39. The van der Waals surface area contributed by atoms with Crippen LogP contribution in [-0.2, 0) is 15.7 Å². The molecular weight excluding hydrogens is 462 g/mol. The van der Waals surface area contributed by atoms with Gasteiger partial charge in [-0.3, -0.25) is 9.59 Å². The van der Waals surface area contributed by atoms with Gasteiger partial charge in [-0.25, -0.2) is 4.39 Å². The number of benzene rings is 1. The van der Waals surface area contributed by atoms with Crippen LogP contribution in [-0.4, -0.2) is 36.5 Å². The Balaban J connectivity index is 1.61. The van der Waals surface area contributed by atoms with Gasteiger partial charge >= 0.3 is 12.1 Å². The molecular formula is C27H39F4NO3. The number of piperidine rings is 1. The zero-order valence-corrected chi connectivity index (χ0v) is 20.8. The number of rotatable bonds is 14. The van der Waals surface area contributed by atoms with Crippen molar-refractivity contribution in [1.82, 2.24) is 4.90 Å². The lowest BCUT2D eigenvalue weighted by molar-refractivity contribution is -0.150. The average molecular weight is 502 g/mol. The fourth-order valence-corrected chi connectivity index (χ4v) is 4.43.